The van der Waals surface area contributed by atoms with E-state index in [1.165, 1.54) is 49.2 Å². The summed E-state index contributed by atoms with van der Waals surface area (Å²) in [7, 11) is 0. The van der Waals surface area contributed by atoms with Gasteiger partial charge in [-0.2, -0.15) is 0 Å². The van der Waals surface area contributed by atoms with Crippen LogP contribution in [0.5, 0.6) is 0 Å². The molecule has 2 fully saturated rings. The molecule has 0 saturated carbocycles. The van der Waals surface area contributed by atoms with Crippen LogP contribution in [0.4, 0.5) is 0 Å². The van der Waals surface area contributed by atoms with Crippen LogP contribution < -0.4 is 0 Å². The standard InChI is InChI=1S/C21H28N2O.ClH/c1-16(24)23-14-19-8-9-20(21(19)15-23)18-6-4-17(5-7-18)10-13-22-11-2-3-12-22;/h4-7,9,19,21H,2-3,8,10-15H2,1H3;1H. The van der Waals surface area contributed by atoms with Crippen LogP contribution in [-0.4, -0.2) is 48.4 Å². The Kier molecular flexibility index (Phi) is 5.85. The highest BCUT2D eigenvalue weighted by atomic mass is 35.5. The summed E-state index contributed by atoms with van der Waals surface area (Å²) < 4.78 is 0. The number of allylic oxidation sites excluding steroid dienone is 1. The summed E-state index contributed by atoms with van der Waals surface area (Å²) in [5.74, 6) is 1.41. The first-order valence-electron chi connectivity index (χ1n) is 9.48. The SMILES string of the molecule is CC(=O)N1CC2CC=C(c3ccc(CCN4CCCC4)cc3)C2C1.Cl. The highest BCUT2D eigenvalue weighted by Gasteiger charge is 2.39. The van der Waals surface area contributed by atoms with E-state index in [0.717, 1.165) is 25.9 Å². The lowest BCUT2D eigenvalue weighted by Gasteiger charge is -2.17. The Bertz CT molecular complexity index is 634. The summed E-state index contributed by atoms with van der Waals surface area (Å²) in [5.41, 5.74) is 4.27. The molecule has 0 radical (unpaired) electrons. The highest BCUT2D eigenvalue weighted by Crippen LogP contribution is 2.42. The Morgan fingerprint density at radius 3 is 2.52 bits per heavy atom. The minimum absolute atomic E-state index is 0. The molecular weight excluding hydrogens is 332 g/mol. The second-order valence-corrected chi connectivity index (χ2v) is 7.68. The van der Waals surface area contributed by atoms with Gasteiger partial charge in [0.2, 0.25) is 5.91 Å². The fraction of sp³-hybridized carbons (Fsp3) is 0.571. The van der Waals surface area contributed by atoms with Crippen LogP contribution in [0.2, 0.25) is 0 Å². The summed E-state index contributed by atoms with van der Waals surface area (Å²) in [6.45, 7) is 7.29. The predicted octanol–water partition coefficient (Wildman–Crippen LogP) is 3.63. The molecule has 2 atom stereocenters. The maximum absolute atomic E-state index is 11.6. The molecule has 2 saturated heterocycles. The van der Waals surface area contributed by atoms with Gasteiger partial charge in [0, 0.05) is 32.5 Å². The number of amides is 1. The molecule has 0 N–H and O–H groups in total. The second kappa shape index (κ2) is 7.92. The Hall–Kier alpha value is -1.32. The average Bonchev–Trinajstić information content (AvgIpc) is 3.30. The molecule has 4 heteroatoms. The zero-order valence-corrected chi connectivity index (χ0v) is 15.9. The average molecular weight is 361 g/mol. The predicted molar refractivity (Wildman–Crippen MR) is 105 cm³/mol. The van der Waals surface area contributed by atoms with Gasteiger partial charge in [-0.25, -0.2) is 0 Å². The number of benzene rings is 1. The van der Waals surface area contributed by atoms with Crippen molar-refractivity contribution in [1.29, 1.82) is 0 Å². The molecule has 1 aliphatic carbocycles. The second-order valence-electron chi connectivity index (χ2n) is 7.68. The molecule has 0 aromatic heterocycles. The number of nitrogens with zero attached hydrogens (tertiary/aromatic N) is 2. The van der Waals surface area contributed by atoms with Gasteiger partial charge in [-0.15, -0.1) is 12.4 Å². The number of hydrogen-bond acceptors (Lipinski definition) is 2. The normalized spacial score (nSPS) is 25.6. The molecule has 3 aliphatic rings. The molecule has 25 heavy (non-hydrogen) atoms. The molecule has 4 rings (SSSR count). The van der Waals surface area contributed by atoms with Crippen molar-refractivity contribution in [1.82, 2.24) is 9.80 Å². The summed E-state index contributed by atoms with van der Waals surface area (Å²) in [4.78, 5) is 16.2. The number of likely N-dealkylation sites (tertiary alicyclic amines) is 2. The highest BCUT2D eigenvalue weighted by molar-refractivity contribution is 5.85. The van der Waals surface area contributed by atoms with Gasteiger partial charge in [-0.05, 0) is 61.4 Å². The number of carbonyl (C=O) groups is 1. The van der Waals surface area contributed by atoms with Crippen molar-refractivity contribution >= 4 is 23.9 Å². The third-order valence-corrected chi connectivity index (χ3v) is 6.13. The van der Waals surface area contributed by atoms with E-state index in [-0.39, 0.29) is 18.3 Å². The van der Waals surface area contributed by atoms with Crippen molar-refractivity contribution in [3.8, 4) is 0 Å². The van der Waals surface area contributed by atoms with Crippen molar-refractivity contribution in [2.24, 2.45) is 11.8 Å². The summed E-state index contributed by atoms with van der Waals surface area (Å²) in [6, 6.07) is 9.20. The number of carbonyl (C=O) groups excluding carboxylic acids is 1. The zero-order valence-electron chi connectivity index (χ0n) is 15.1. The Morgan fingerprint density at radius 2 is 1.84 bits per heavy atom. The molecule has 1 aromatic carbocycles. The van der Waals surface area contributed by atoms with Gasteiger partial charge in [0.15, 0.2) is 0 Å². The van der Waals surface area contributed by atoms with E-state index in [1.54, 1.807) is 6.92 Å². The Morgan fingerprint density at radius 1 is 1.12 bits per heavy atom. The molecule has 3 nitrogen and oxygen atoms in total. The summed E-state index contributed by atoms with van der Waals surface area (Å²) in [6.07, 6.45) is 7.43. The first-order valence-corrected chi connectivity index (χ1v) is 9.48. The van der Waals surface area contributed by atoms with E-state index in [4.69, 9.17) is 0 Å². The van der Waals surface area contributed by atoms with E-state index in [1.807, 2.05) is 4.90 Å². The molecule has 136 valence electrons. The third kappa shape index (κ3) is 3.93. The van der Waals surface area contributed by atoms with E-state index >= 15 is 0 Å². The molecule has 2 heterocycles. The van der Waals surface area contributed by atoms with E-state index in [2.05, 4.69) is 35.2 Å². The number of fused-ring (bicyclic) bond motifs is 1. The van der Waals surface area contributed by atoms with E-state index < -0.39 is 0 Å². The maximum Gasteiger partial charge on any atom is 0.219 e. The first-order chi connectivity index (χ1) is 11.7. The lowest BCUT2D eigenvalue weighted by Crippen LogP contribution is -2.26. The molecule has 0 bridgehead atoms. The molecular formula is C21H29ClN2O. The van der Waals surface area contributed by atoms with Gasteiger partial charge in [0.25, 0.3) is 0 Å². The topological polar surface area (TPSA) is 23.6 Å². The van der Waals surface area contributed by atoms with Crippen LogP contribution in [0, 0.1) is 11.8 Å². The molecule has 0 spiro atoms. The van der Waals surface area contributed by atoms with Crippen LogP contribution in [0.3, 0.4) is 0 Å². The van der Waals surface area contributed by atoms with Crippen LogP contribution in [0.15, 0.2) is 30.3 Å². The molecule has 1 amide bonds. The Labute approximate surface area is 157 Å². The largest absolute Gasteiger partial charge is 0.342 e. The van der Waals surface area contributed by atoms with E-state index in [0.29, 0.717) is 11.8 Å². The van der Waals surface area contributed by atoms with Gasteiger partial charge >= 0.3 is 0 Å². The number of rotatable bonds is 4. The van der Waals surface area contributed by atoms with Gasteiger partial charge in [0.1, 0.15) is 0 Å². The lowest BCUT2D eigenvalue weighted by molar-refractivity contribution is -0.127. The van der Waals surface area contributed by atoms with Crippen molar-refractivity contribution in [2.75, 3.05) is 32.7 Å². The van der Waals surface area contributed by atoms with Gasteiger partial charge in [0.05, 0.1) is 0 Å². The van der Waals surface area contributed by atoms with Crippen LogP contribution in [0.1, 0.15) is 37.3 Å². The maximum atomic E-state index is 11.6. The first kappa shape index (κ1) is 18.5. The van der Waals surface area contributed by atoms with Crippen LogP contribution in [0.25, 0.3) is 5.57 Å². The van der Waals surface area contributed by atoms with Crippen molar-refractivity contribution in [3.63, 3.8) is 0 Å². The van der Waals surface area contributed by atoms with Gasteiger partial charge in [-0.3, -0.25) is 4.79 Å². The zero-order chi connectivity index (χ0) is 16.5. The van der Waals surface area contributed by atoms with E-state index in [9.17, 15) is 4.79 Å². The van der Waals surface area contributed by atoms with Crippen molar-refractivity contribution < 1.29 is 4.79 Å². The lowest BCUT2D eigenvalue weighted by atomic mass is 9.90. The van der Waals surface area contributed by atoms with Crippen molar-refractivity contribution in [2.45, 2.75) is 32.6 Å². The molecule has 1 aromatic rings. The fourth-order valence-electron chi connectivity index (χ4n) is 4.64. The number of halogens is 1. The van der Waals surface area contributed by atoms with Gasteiger partial charge in [-0.1, -0.05) is 30.3 Å². The smallest absolute Gasteiger partial charge is 0.219 e. The third-order valence-electron chi connectivity index (χ3n) is 6.13. The number of hydrogen-bond donors (Lipinski definition) is 0. The molecule has 2 aliphatic heterocycles. The minimum Gasteiger partial charge on any atom is -0.342 e. The summed E-state index contributed by atoms with van der Waals surface area (Å²) >= 11 is 0. The monoisotopic (exact) mass is 360 g/mol. The quantitative estimate of drug-likeness (QED) is 0.818. The molecule has 2 unspecified atom stereocenters. The fourth-order valence-corrected chi connectivity index (χ4v) is 4.64. The minimum atomic E-state index is 0. The van der Waals surface area contributed by atoms with Crippen molar-refractivity contribution in [3.05, 3.63) is 41.5 Å². The van der Waals surface area contributed by atoms with Crippen LogP contribution >= 0.6 is 12.4 Å². The Balaban J connectivity index is 0.00000182. The van der Waals surface area contributed by atoms with Crippen LogP contribution in [-0.2, 0) is 11.2 Å². The van der Waals surface area contributed by atoms with Gasteiger partial charge < -0.3 is 9.80 Å². The summed E-state index contributed by atoms with van der Waals surface area (Å²) in [5, 5.41) is 0.